The van der Waals surface area contributed by atoms with Crippen LogP contribution < -0.4 is 5.32 Å². The van der Waals surface area contributed by atoms with Gasteiger partial charge in [-0.3, -0.25) is 0 Å². The van der Waals surface area contributed by atoms with Crippen LogP contribution in [0.25, 0.3) is 0 Å². The number of benzene rings is 1. The summed E-state index contributed by atoms with van der Waals surface area (Å²) in [7, 11) is 0. The molecule has 19 heavy (non-hydrogen) atoms. The van der Waals surface area contributed by atoms with Gasteiger partial charge >= 0.3 is 0 Å². The molecule has 1 heterocycles. The number of aryl methyl sites for hydroxylation is 1. The van der Waals surface area contributed by atoms with E-state index >= 15 is 0 Å². The number of halogens is 3. The van der Waals surface area contributed by atoms with E-state index in [1.54, 1.807) is 11.3 Å². The molecule has 0 fully saturated rings. The molecule has 0 aliphatic rings. The molecule has 0 spiro atoms. The summed E-state index contributed by atoms with van der Waals surface area (Å²) in [5, 5.41) is 2.97. The molecular formula is C14H14F3NS. The molecule has 2 rings (SSSR count). The lowest BCUT2D eigenvalue weighted by Gasteiger charge is -2.14. The van der Waals surface area contributed by atoms with E-state index in [1.165, 1.54) is 4.88 Å². The molecule has 1 nitrogen and oxygen atoms in total. The molecular weight excluding hydrogens is 271 g/mol. The normalized spacial score (nSPS) is 12.5. The van der Waals surface area contributed by atoms with Crippen LogP contribution in [0.4, 0.5) is 18.9 Å². The maximum Gasteiger partial charge on any atom is 0.194 e. The van der Waals surface area contributed by atoms with E-state index in [0.717, 1.165) is 23.4 Å². The van der Waals surface area contributed by atoms with Crippen molar-refractivity contribution < 1.29 is 13.2 Å². The second-order valence-corrected chi connectivity index (χ2v) is 5.48. The molecule has 0 radical (unpaired) electrons. The van der Waals surface area contributed by atoms with Crippen molar-refractivity contribution in [3.05, 3.63) is 51.5 Å². The Morgan fingerprint density at radius 3 is 2.32 bits per heavy atom. The highest BCUT2D eigenvalue weighted by Gasteiger charge is 2.13. The van der Waals surface area contributed by atoms with Crippen LogP contribution in [0.15, 0.2) is 24.3 Å². The van der Waals surface area contributed by atoms with Crippen molar-refractivity contribution >= 4 is 17.0 Å². The Morgan fingerprint density at radius 2 is 1.79 bits per heavy atom. The van der Waals surface area contributed by atoms with Gasteiger partial charge in [-0.05, 0) is 25.5 Å². The van der Waals surface area contributed by atoms with Crippen molar-refractivity contribution in [1.82, 2.24) is 0 Å². The van der Waals surface area contributed by atoms with Gasteiger partial charge in [-0.15, -0.1) is 11.3 Å². The number of anilines is 1. The highest BCUT2D eigenvalue weighted by molar-refractivity contribution is 7.12. The summed E-state index contributed by atoms with van der Waals surface area (Å²) in [4.78, 5) is 2.32. The van der Waals surface area contributed by atoms with E-state index in [-0.39, 0.29) is 11.7 Å². The van der Waals surface area contributed by atoms with Crippen molar-refractivity contribution in [2.75, 3.05) is 5.32 Å². The van der Waals surface area contributed by atoms with E-state index in [9.17, 15) is 13.2 Å². The van der Waals surface area contributed by atoms with E-state index in [0.29, 0.717) is 0 Å². The van der Waals surface area contributed by atoms with Crippen LogP contribution in [-0.2, 0) is 6.42 Å². The topological polar surface area (TPSA) is 12.0 Å². The zero-order chi connectivity index (χ0) is 14.0. The zero-order valence-corrected chi connectivity index (χ0v) is 11.5. The zero-order valence-electron chi connectivity index (χ0n) is 10.6. The van der Waals surface area contributed by atoms with Gasteiger partial charge in [0.2, 0.25) is 0 Å². The minimum Gasteiger partial charge on any atom is -0.378 e. The molecule has 0 saturated carbocycles. The van der Waals surface area contributed by atoms with Crippen LogP contribution in [0.5, 0.6) is 0 Å². The average Bonchev–Trinajstić information content (AvgIpc) is 2.84. The van der Waals surface area contributed by atoms with Crippen LogP contribution >= 0.6 is 11.3 Å². The Hall–Kier alpha value is -1.49. The molecule has 0 aliphatic carbocycles. The van der Waals surface area contributed by atoms with Crippen LogP contribution in [0, 0.1) is 17.5 Å². The summed E-state index contributed by atoms with van der Waals surface area (Å²) in [6, 6.07) is 5.85. The first kappa shape index (κ1) is 13.9. The largest absolute Gasteiger partial charge is 0.378 e. The molecule has 0 amide bonds. The van der Waals surface area contributed by atoms with Gasteiger partial charge in [0.05, 0.1) is 6.04 Å². The molecule has 1 aromatic heterocycles. The van der Waals surface area contributed by atoms with Crippen LogP contribution in [0.2, 0.25) is 0 Å². The molecule has 1 N–H and O–H groups in total. The van der Waals surface area contributed by atoms with Gasteiger partial charge < -0.3 is 5.32 Å². The van der Waals surface area contributed by atoms with E-state index in [2.05, 4.69) is 12.2 Å². The van der Waals surface area contributed by atoms with Crippen molar-refractivity contribution in [3.63, 3.8) is 0 Å². The molecule has 0 bridgehead atoms. The first-order chi connectivity index (χ1) is 9.01. The minimum absolute atomic E-state index is 0.0884. The smallest absolute Gasteiger partial charge is 0.194 e. The van der Waals surface area contributed by atoms with Crippen LogP contribution in [-0.4, -0.2) is 0 Å². The van der Waals surface area contributed by atoms with Gasteiger partial charge in [0.25, 0.3) is 0 Å². The lowest BCUT2D eigenvalue weighted by Crippen LogP contribution is -2.06. The molecule has 1 atom stereocenters. The lowest BCUT2D eigenvalue weighted by atomic mass is 10.2. The Bertz CT molecular complexity index is 557. The van der Waals surface area contributed by atoms with Crippen molar-refractivity contribution in [1.29, 1.82) is 0 Å². The fourth-order valence-electron chi connectivity index (χ4n) is 1.78. The number of hydrogen-bond donors (Lipinski definition) is 1. The maximum absolute atomic E-state index is 13.1. The van der Waals surface area contributed by atoms with Gasteiger partial charge in [0, 0.05) is 27.6 Å². The molecule has 102 valence electrons. The lowest BCUT2D eigenvalue weighted by molar-refractivity contribution is 0.447. The highest BCUT2D eigenvalue weighted by atomic mass is 32.1. The molecule has 0 saturated heterocycles. The number of thiophene rings is 1. The Kier molecular flexibility index (Phi) is 4.14. The second kappa shape index (κ2) is 5.65. The van der Waals surface area contributed by atoms with Crippen molar-refractivity contribution in [2.45, 2.75) is 26.3 Å². The summed E-state index contributed by atoms with van der Waals surface area (Å²) in [6.07, 6.45) is 0.956. The van der Waals surface area contributed by atoms with Crippen molar-refractivity contribution in [3.8, 4) is 0 Å². The number of hydrogen-bond acceptors (Lipinski definition) is 2. The second-order valence-electron chi connectivity index (χ2n) is 4.28. The summed E-state index contributed by atoms with van der Waals surface area (Å²) in [6.45, 7) is 3.96. The van der Waals surface area contributed by atoms with Gasteiger partial charge in [0.15, 0.2) is 17.5 Å². The predicted octanol–water partition coefficient (Wildman–Crippen LogP) is 4.90. The molecule has 5 heteroatoms. The SMILES string of the molecule is CCc1ccc(C(C)Nc2cc(F)c(F)c(F)c2)s1. The monoisotopic (exact) mass is 285 g/mol. The maximum atomic E-state index is 13.1. The van der Waals surface area contributed by atoms with Crippen LogP contribution in [0.1, 0.15) is 29.6 Å². The van der Waals surface area contributed by atoms with Crippen LogP contribution in [0.3, 0.4) is 0 Å². The summed E-state index contributed by atoms with van der Waals surface area (Å²) in [5.41, 5.74) is 0.232. The summed E-state index contributed by atoms with van der Waals surface area (Å²) >= 11 is 1.65. The quantitative estimate of drug-likeness (QED) is 0.788. The Labute approximate surface area is 114 Å². The number of rotatable bonds is 4. The van der Waals surface area contributed by atoms with E-state index < -0.39 is 17.5 Å². The highest BCUT2D eigenvalue weighted by Crippen LogP contribution is 2.27. The molecule has 2 aromatic rings. The fraction of sp³-hybridized carbons (Fsp3) is 0.286. The summed E-state index contributed by atoms with van der Waals surface area (Å²) in [5.74, 6) is -3.81. The third-order valence-corrected chi connectivity index (χ3v) is 4.24. The van der Waals surface area contributed by atoms with Crippen molar-refractivity contribution in [2.24, 2.45) is 0 Å². The predicted molar refractivity (Wildman–Crippen MR) is 72.1 cm³/mol. The molecule has 1 aromatic carbocycles. The van der Waals surface area contributed by atoms with Gasteiger partial charge in [-0.2, -0.15) is 0 Å². The fourth-order valence-corrected chi connectivity index (χ4v) is 2.73. The summed E-state index contributed by atoms with van der Waals surface area (Å²) < 4.78 is 39.0. The van der Waals surface area contributed by atoms with E-state index in [4.69, 9.17) is 0 Å². The third kappa shape index (κ3) is 3.10. The number of nitrogens with one attached hydrogen (secondary N) is 1. The van der Waals surface area contributed by atoms with Gasteiger partial charge in [0.1, 0.15) is 0 Å². The first-order valence-corrected chi connectivity index (χ1v) is 6.82. The molecule has 1 unspecified atom stereocenters. The Balaban J connectivity index is 2.16. The Morgan fingerprint density at radius 1 is 1.16 bits per heavy atom. The molecule has 0 aliphatic heterocycles. The first-order valence-electron chi connectivity index (χ1n) is 6.01. The standard InChI is InChI=1S/C14H14F3NS/c1-3-10-4-5-13(19-10)8(2)18-9-6-11(15)14(17)12(16)7-9/h4-8,18H,3H2,1-2H3. The third-order valence-electron chi connectivity index (χ3n) is 2.82. The minimum atomic E-state index is -1.44. The van der Waals surface area contributed by atoms with Gasteiger partial charge in [-0.1, -0.05) is 6.92 Å². The average molecular weight is 285 g/mol. The van der Waals surface area contributed by atoms with Gasteiger partial charge in [-0.25, -0.2) is 13.2 Å². The van der Waals surface area contributed by atoms with E-state index in [1.807, 2.05) is 19.1 Å².